The summed E-state index contributed by atoms with van der Waals surface area (Å²) in [5.74, 6) is 1.85. The molecule has 3 aromatic rings. The van der Waals surface area contributed by atoms with E-state index in [9.17, 15) is 0 Å². The topological polar surface area (TPSA) is 26.3 Å². The third-order valence-corrected chi connectivity index (χ3v) is 2.43. The summed E-state index contributed by atoms with van der Waals surface area (Å²) in [6.45, 7) is 3.90. The molecule has 0 saturated heterocycles. The van der Waals surface area contributed by atoms with E-state index in [2.05, 4.69) is 0 Å². The van der Waals surface area contributed by atoms with E-state index >= 15 is 0 Å². The Labute approximate surface area is 81.1 Å². The minimum atomic E-state index is 0.893. The summed E-state index contributed by atoms with van der Waals surface area (Å²) in [6.07, 6.45) is 0. The second-order valence-corrected chi connectivity index (χ2v) is 3.61. The van der Waals surface area contributed by atoms with Crippen molar-refractivity contribution in [3.8, 4) is 0 Å². The number of hydrogen-bond donors (Lipinski definition) is 0. The van der Waals surface area contributed by atoms with E-state index in [4.69, 9.17) is 8.83 Å². The van der Waals surface area contributed by atoms with E-state index in [0.29, 0.717) is 0 Å². The fourth-order valence-electron chi connectivity index (χ4n) is 1.87. The molecule has 0 aliphatic carbocycles. The van der Waals surface area contributed by atoms with Gasteiger partial charge in [0.15, 0.2) is 0 Å². The first-order valence-electron chi connectivity index (χ1n) is 4.63. The molecule has 0 spiro atoms. The third-order valence-electron chi connectivity index (χ3n) is 2.43. The van der Waals surface area contributed by atoms with Gasteiger partial charge in [-0.05, 0) is 38.1 Å². The summed E-state index contributed by atoms with van der Waals surface area (Å²) < 4.78 is 11.2. The average Bonchev–Trinajstić information content (AvgIpc) is 2.65. The first kappa shape index (κ1) is 7.68. The van der Waals surface area contributed by atoms with E-state index in [1.165, 1.54) is 0 Å². The van der Waals surface area contributed by atoms with E-state index < -0.39 is 0 Å². The summed E-state index contributed by atoms with van der Waals surface area (Å²) in [5.41, 5.74) is 1.82. The van der Waals surface area contributed by atoms with Crippen LogP contribution in [0.1, 0.15) is 11.5 Å². The van der Waals surface area contributed by atoms with Crippen molar-refractivity contribution in [1.82, 2.24) is 0 Å². The lowest BCUT2D eigenvalue weighted by molar-refractivity contribution is 0.575. The van der Waals surface area contributed by atoms with Crippen molar-refractivity contribution >= 4 is 21.9 Å². The molecule has 2 aromatic heterocycles. The van der Waals surface area contributed by atoms with E-state index in [1.54, 1.807) is 0 Å². The second kappa shape index (κ2) is 2.41. The maximum absolute atomic E-state index is 5.63. The number of fused-ring (bicyclic) bond motifs is 3. The highest BCUT2D eigenvalue weighted by Crippen LogP contribution is 2.29. The van der Waals surface area contributed by atoms with Crippen LogP contribution in [0, 0.1) is 13.8 Å². The van der Waals surface area contributed by atoms with Crippen molar-refractivity contribution in [3.63, 3.8) is 0 Å². The molecule has 1 aromatic carbocycles. The molecule has 0 unspecified atom stereocenters. The summed E-state index contributed by atoms with van der Waals surface area (Å²) in [7, 11) is 0. The van der Waals surface area contributed by atoms with Crippen molar-refractivity contribution in [1.29, 1.82) is 0 Å². The molecular formula is C12H10O2. The third kappa shape index (κ3) is 0.909. The standard InChI is InChI=1S/C12H10O2/c1-7-5-9-3-4-11-10(12(9)14-7)6-8(2)13-11/h3-6H,1-2H3. The van der Waals surface area contributed by atoms with E-state index in [-0.39, 0.29) is 0 Å². The predicted molar refractivity (Wildman–Crippen MR) is 55.5 cm³/mol. The largest absolute Gasteiger partial charge is 0.461 e. The zero-order chi connectivity index (χ0) is 9.71. The van der Waals surface area contributed by atoms with Crippen LogP contribution in [-0.4, -0.2) is 0 Å². The van der Waals surface area contributed by atoms with Crippen molar-refractivity contribution in [2.45, 2.75) is 13.8 Å². The SMILES string of the molecule is Cc1cc2c(ccc3cc(C)oc32)o1. The molecule has 14 heavy (non-hydrogen) atoms. The van der Waals surface area contributed by atoms with Crippen LogP contribution in [0.5, 0.6) is 0 Å². The minimum absolute atomic E-state index is 0.893. The Kier molecular flexibility index (Phi) is 1.32. The Morgan fingerprint density at radius 2 is 1.71 bits per heavy atom. The minimum Gasteiger partial charge on any atom is -0.461 e. The van der Waals surface area contributed by atoms with Crippen molar-refractivity contribution < 1.29 is 8.83 Å². The van der Waals surface area contributed by atoms with Crippen LogP contribution in [0.2, 0.25) is 0 Å². The zero-order valence-electron chi connectivity index (χ0n) is 8.13. The molecule has 0 aliphatic rings. The van der Waals surface area contributed by atoms with Crippen LogP contribution in [0.3, 0.4) is 0 Å². The Balaban J connectivity index is 2.58. The summed E-state index contributed by atoms with van der Waals surface area (Å²) in [4.78, 5) is 0. The number of hydrogen-bond acceptors (Lipinski definition) is 2. The van der Waals surface area contributed by atoms with Gasteiger partial charge < -0.3 is 8.83 Å². The van der Waals surface area contributed by atoms with Gasteiger partial charge in [0, 0.05) is 5.39 Å². The molecule has 0 radical (unpaired) electrons. The quantitative estimate of drug-likeness (QED) is 0.533. The van der Waals surface area contributed by atoms with Crippen molar-refractivity contribution in [3.05, 3.63) is 35.8 Å². The highest BCUT2D eigenvalue weighted by atomic mass is 16.3. The molecule has 0 fully saturated rings. The molecule has 0 saturated carbocycles. The lowest BCUT2D eigenvalue weighted by Gasteiger charge is -1.88. The molecular weight excluding hydrogens is 176 g/mol. The summed E-state index contributed by atoms with van der Waals surface area (Å²) >= 11 is 0. The molecule has 70 valence electrons. The van der Waals surface area contributed by atoms with Gasteiger partial charge in [0.2, 0.25) is 0 Å². The fourth-order valence-corrected chi connectivity index (χ4v) is 1.87. The van der Waals surface area contributed by atoms with Crippen molar-refractivity contribution in [2.24, 2.45) is 0 Å². The lowest BCUT2D eigenvalue weighted by atomic mass is 10.2. The molecule has 2 heterocycles. The van der Waals surface area contributed by atoms with Gasteiger partial charge in [-0.3, -0.25) is 0 Å². The molecule has 2 nitrogen and oxygen atoms in total. The number of benzene rings is 1. The van der Waals surface area contributed by atoms with E-state index in [0.717, 1.165) is 33.5 Å². The fraction of sp³-hybridized carbons (Fsp3) is 0.167. The Morgan fingerprint density at radius 1 is 0.929 bits per heavy atom. The van der Waals surface area contributed by atoms with Gasteiger partial charge in [-0.1, -0.05) is 0 Å². The van der Waals surface area contributed by atoms with Gasteiger partial charge in [0.25, 0.3) is 0 Å². The van der Waals surface area contributed by atoms with Crippen LogP contribution in [0.4, 0.5) is 0 Å². The summed E-state index contributed by atoms with van der Waals surface area (Å²) in [6, 6.07) is 8.06. The Bertz CT molecular complexity index is 558. The highest BCUT2D eigenvalue weighted by molar-refractivity contribution is 6.02. The van der Waals surface area contributed by atoms with Crippen LogP contribution in [0.15, 0.2) is 33.1 Å². The molecule has 2 heteroatoms. The molecule has 0 bridgehead atoms. The van der Waals surface area contributed by atoms with Gasteiger partial charge in [-0.15, -0.1) is 0 Å². The zero-order valence-corrected chi connectivity index (χ0v) is 8.13. The maximum Gasteiger partial charge on any atom is 0.145 e. The molecule has 0 atom stereocenters. The van der Waals surface area contributed by atoms with Crippen LogP contribution in [-0.2, 0) is 0 Å². The average molecular weight is 186 g/mol. The highest BCUT2D eigenvalue weighted by Gasteiger charge is 2.08. The van der Waals surface area contributed by atoms with Gasteiger partial charge >= 0.3 is 0 Å². The van der Waals surface area contributed by atoms with Gasteiger partial charge in [-0.2, -0.15) is 0 Å². The molecule has 0 aliphatic heterocycles. The van der Waals surface area contributed by atoms with Crippen LogP contribution < -0.4 is 0 Å². The lowest BCUT2D eigenvalue weighted by Crippen LogP contribution is -1.64. The van der Waals surface area contributed by atoms with E-state index in [1.807, 2.05) is 38.1 Å². The predicted octanol–water partition coefficient (Wildman–Crippen LogP) is 3.80. The smallest absolute Gasteiger partial charge is 0.145 e. The number of furan rings is 2. The number of aryl methyl sites for hydroxylation is 2. The molecule has 0 amide bonds. The molecule has 0 N–H and O–H groups in total. The maximum atomic E-state index is 5.63. The van der Waals surface area contributed by atoms with Crippen LogP contribution >= 0.6 is 0 Å². The van der Waals surface area contributed by atoms with Crippen molar-refractivity contribution in [2.75, 3.05) is 0 Å². The first-order valence-corrected chi connectivity index (χ1v) is 4.63. The van der Waals surface area contributed by atoms with Crippen LogP contribution in [0.25, 0.3) is 21.9 Å². The van der Waals surface area contributed by atoms with Gasteiger partial charge in [-0.25, -0.2) is 0 Å². The summed E-state index contributed by atoms with van der Waals surface area (Å²) in [5, 5.41) is 2.20. The number of rotatable bonds is 0. The molecule has 3 rings (SSSR count). The first-order chi connectivity index (χ1) is 6.74. The normalized spacial score (nSPS) is 11.6. The van der Waals surface area contributed by atoms with Gasteiger partial charge in [0.05, 0.1) is 5.39 Å². The Hall–Kier alpha value is -1.70. The Morgan fingerprint density at radius 3 is 2.57 bits per heavy atom. The monoisotopic (exact) mass is 186 g/mol. The second-order valence-electron chi connectivity index (χ2n) is 3.61. The van der Waals surface area contributed by atoms with Gasteiger partial charge in [0.1, 0.15) is 22.7 Å².